The minimum absolute atomic E-state index is 0.189. The zero-order chi connectivity index (χ0) is 17.1. The lowest BCUT2D eigenvalue weighted by atomic mass is 10.2. The molecule has 3 heterocycles. The van der Waals surface area contributed by atoms with Crippen molar-refractivity contribution in [2.75, 3.05) is 0 Å². The van der Waals surface area contributed by atoms with Crippen LogP contribution in [0.2, 0.25) is 0 Å². The van der Waals surface area contributed by atoms with Crippen molar-refractivity contribution in [3.8, 4) is 28.0 Å². The highest BCUT2D eigenvalue weighted by Gasteiger charge is 2.15. The maximum Gasteiger partial charge on any atom is 0.320 e. The van der Waals surface area contributed by atoms with E-state index in [1.807, 2.05) is 23.6 Å². The largest absolute Gasteiger partial charge is 0.480 e. The molecule has 3 aromatic rings. The van der Waals surface area contributed by atoms with Gasteiger partial charge in [0.25, 0.3) is 0 Å². The summed E-state index contributed by atoms with van der Waals surface area (Å²) in [6.45, 7) is 0. The molecular formula is C15H11N5O2S2. The van der Waals surface area contributed by atoms with Gasteiger partial charge in [-0.05, 0) is 12.1 Å². The molecule has 1 unspecified atom stereocenters. The first-order chi connectivity index (χ1) is 11.6. The third-order valence-corrected chi connectivity index (χ3v) is 4.92. The summed E-state index contributed by atoms with van der Waals surface area (Å²) in [6.07, 6.45) is 1.87. The van der Waals surface area contributed by atoms with Gasteiger partial charge in [0.15, 0.2) is 5.69 Å². The molecule has 0 saturated carbocycles. The van der Waals surface area contributed by atoms with Crippen LogP contribution >= 0.6 is 22.7 Å². The molecule has 7 nitrogen and oxygen atoms in total. The van der Waals surface area contributed by atoms with Gasteiger partial charge in [-0.3, -0.25) is 9.78 Å². The first-order valence-corrected chi connectivity index (χ1v) is 8.58. The summed E-state index contributed by atoms with van der Waals surface area (Å²) in [7, 11) is 0. The molecule has 9 heteroatoms. The van der Waals surface area contributed by atoms with Gasteiger partial charge in [-0.25, -0.2) is 9.97 Å². The maximum absolute atomic E-state index is 10.8. The number of nitrogens with two attached hydrogens (primary N) is 1. The average molecular weight is 357 g/mol. The summed E-state index contributed by atoms with van der Waals surface area (Å²) in [4.78, 5) is 23.7. The zero-order valence-electron chi connectivity index (χ0n) is 12.2. The van der Waals surface area contributed by atoms with Gasteiger partial charge in [0, 0.05) is 28.9 Å². The number of hydrogen-bond donors (Lipinski definition) is 2. The number of hydrogen-bond acceptors (Lipinski definition) is 8. The molecule has 0 bridgehead atoms. The van der Waals surface area contributed by atoms with Crippen LogP contribution in [0, 0.1) is 11.3 Å². The SMILES string of the molecule is N#Cc1csc(-c2ccc(-c3csc(CC(N)C(=O)O)n3)nc2)n1. The van der Waals surface area contributed by atoms with Gasteiger partial charge < -0.3 is 10.8 Å². The number of nitriles is 1. The van der Waals surface area contributed by atoms with Gasteiger partial charge in [-0.2, -0.15) is 5.26 Å². The predicted octanol–water partition coefficient (Wildman–Crippen LogP) is 2.15. The molecule has 3 N–H and O–H groups in total. The van der Waals surface area contributed by atoms with Crippen molar-refractivity contribution in [1.82, 2.24) is 15.0 Å². The number of aromatic nitrogens is 3. The van der Waals surface area contributed by atoms with Crippen LogP contribution in [0.1, 0.15) is 10.7 Å². The second-order valence-electron chi connectivity index (χ2n) is 4.86. The van der Waals surface area contributed by atoms with E-state index >= 15 is 0 Å². The Bertz CT molecular complexity index is 911. The number of carboxylic acids is 1. The summed E-state index contributed by atoms with van der Waals surface area (Å²) >= 11 is 2.74. The molecule has 0 saturated heterocycles. The molecule has 0 aliphatic rings. The van der Waals surface area contributed by atoms with E-state index in [9.17, 15) is 4.79 Å². The molecule has 24 heavy (non-hydrogen) atoms. The summed E-state index contributed by atoms with van der Waals surface area (Å²) in [6, 6.07) is 4.72. The molecule has 0 amide bonds. The average Bonchev–Trinajstić information content (AvgIpc) is 3.24. The maximum atomic E-state index is 10.8. The first-order valence-electron chi connectivity index (χ1n) is 6.82. The highest BCUT2D eigenvalue weighted by molar-refractivity contribution is 7.13. The van der Waals surface area contributed by atoms with Crippen molar-refractivity contribution >= 4 is 28.6 Å². The number of rotatable bonds is 5. The fourth-order valence-electron chi connectivity index (χ4n) is 1.93. The van der Waals surface area contributed by atoms with Crippen molar-refractivity contribution < 1.29 is 9.90 Å². The standard InChI is InChI=1S/C15H11N5O2S2/c16-4-9-6-24-14(19-9)8-1-2-11(18-5-8)12-7-23-13(20-12)3-10(17)15(21)22/h1-2,5-7,10H,3,17H2,(H,21,22). The third-order valence-electron chi connectivity index (χ3n) is 3.16. The Balaban J connectivity index is 1.77. The molecule has 0 radical (unpaired) electrons. The fraction of sp³-hybridized carbons (Fsp3) is 0.133. The molecule has 0 aliphatic carbocycles. The molecule has 3 rings (SSSR count). The molecular weight excluding hydrogens is 346 g/mol. The van der Waals surface area contributed by atoms with Crippen LogP contribution in [0.3, 0.4) is 0 Å². The summed E-state index contributed by atoms with van der Waals surface area (Å²) in [5, 5.41) is 22.6. The van der Waals surface area contributed by atoms with Crippen molar-refractivity contribution in [3.63, 3.8) is 0 Å². The first kappa shape index (κ1) is 16.2. The molecule has 1 atom stereocenters. The smallest absolute Gasteiger partial charge is 0.320 e. The normalized spacial score (nSPS) is 11.8. The van der Waals surface area contributed by atoms with E-state index in [2.05, 4.69) is 15.0 Å². The number of carbonyl (C=O) groups is 1. The minimum Gasteiger partial charge on any atom is -0.480 e. The molecule has 0 aromatic carbocycles. The Hall–Kier alpha value is -2.67. The Morgan fingerprint density at radius 3 is 2.75 bits per heavy atom. The van der Waals surface area contributed by atoms with Gasteiger partial charge >= 0.3 is 5.97 Å². The van der Waals surface area contributed by atoms with Gasteiger partial charge in [0.05, 0.1) is 16.4 Å². The monoisotopic (exact) mass is 357 g/mol. The lowest BCUT2D eigenvalue weighted by Gasteiger charge is -2.02. The number of aliphatic carboxylic acids is 1. The number of carboxylic acid groups (broad SMARTS) is 1. The molecule has 0 spiro atoms. The van der Waals surface area contributed by atoms with E-state index in [-0.39, 0.29) is 6.42 Å². The summed E-state index contributed by atoms with van der Waals surface area (Å²) in [5.41, 5.74) is 8.09. The topological polar surface area (TPSA) is 126 Å². The highest BCUT2D eigenvalue weighted by atomic mass is 32.1. The van der Waals surface area contributed by atoms with E-state index in [0.717, 1.165) is 10.6 Å². The van der Waals surface area contributed by atoms with Gasteiger partial charge in [-0.15, -0.1) is 22.7 Å². The molecule has 120 valence electrons. The molecule has 0 aliphatic heterocycles. The van der Waals surface area contributed by atoms with Gasteiger partial charge in [-0.1, -0.05) is 0 Å². The highest BCUT2D eigenvalue weighted by Crippen LogP contribution is 2.26. The number of nitrogens with zero attached hydrogens (tertiary/aromatic N) is 4. The van der Waals surface area contributed by atoms with Gasteiger partial charge in [0.1, 0.15) is 17.1 Å². The van der Waals surface area contributed by atoms with E-state index in [1.54, 1.807) is 11.6 Å². The molecule has 0 fully saturated rings. The third kappa shape index (κ3) is 3.46. The predicted molar refractivity (Wildman–Crippen MR) is 90.5 cm³/mol. The van der Waals surface area contributed by atoms with Crippen LogP contribution in [0.25, 0.3) is 22.0 Å². The Labute approximate surface area is 145 Å². The fourth-order valence-corrected chi connectivity index (χ4v) is 3.51. The van der Waals surface area contributed by atoms with Crippen molar-refractivity contribution in [2.24, 2.45) is 5.73 Å². The van der Waals surface area contributed by atoms with Crippen LogP contribution < -0.4 is 5.73 Å². The van der Waals surface area contributed by atoms with Crippen LogP contribution in [0.4, 0.5) is 0 Å². The Morgan fingerprint density at radius 2 is 2.12 bits per heavy atom. The van der Waals surface area contributed by atoms with E-state index in [1.165, 1.54) is 22.7 Å². The second-order valence-corrected chi connectivity index (χ2v) is 6.66. The van der Waals surface area contributed by atoms with Crippen LogP contribution in [-0.2, 0) is 11.2 Å². The minimum atomic E-state index is -1.05. The summed E-state index contributed by atoms with van der Waals surface area (Å²) in [5.74, 6) is -1.05. The zero-order valence-corrected chi connectivity index (χ0v) is 13.8. The van der Waals surface area contributed by atoms with Gasteiger partial charge in [0.2, 0.25) is 0 Å². The van der Waals surface area contributed by atoms with Crippen molar-refractivity contribution in [3.05, 3.63) is 39.8 Å². The summed E-state index contributed by atoms with van der Waals surface area (Å²) < 4.78 is 0. The van der Waals surface area contributed by atoms with Crippen LogP contribution in [0.15, 0.2) is 29.1 Å². The Morgan fingerprint density at radius 1 is 1.29 bits per heavy atom. The second kappa shape index (κ2) is 6.84. The van der Waals surface area contributed by atoms with E-state index in [0.29, 0.717) is 22.1 Å². The Kier molecular flexibility index (Phi) is 4.61. The lowest BCUT2D eigenvalue weighted by molar-refractivity contribution is -0.138. The van der Waals surface area contributed by atoms with Crippen LogP contribution in [0.5, 0.6) is 0 Å². The van der Waals surface area contributed by atoms with Crippen molar-refractivity contribution in [2.45, 2.75) is 12.5 Å². The quantitative estimate of drug-likeness (QED) is 0.716. The number of pyridine rings is 1. The lowest BCUT2D eigenvalue weighted by Crippen LogP contribution is -2.32. The van der Waals surface area contributed by atoms with E-state index in [4.69, 9.17) is 16.1 Å². The van der Waals surface area contributed by atoms with E-state index < -0.39 is 12.0 Å². The molecule has 3 aromatic heterocycles. The van der Waals surface area contributed by atoms with Crippen LogP contribution in [-0.4, -0.2) is 32.1 Å². The van der Waals surface area contributed by atoms with Crippen molar-refractivity contribution in [1.29, 1.82) is 5.26 Å². The number of thiazole rings is 2.